The lowest BCUT2D eigenvalue weighted by molar-refractivity contribution is 0.0668. The van der Waals surface area contributed by atoms with Crippen molar-refractivity contribution in [1.29, 1.82) is 0 Å². The Labute approximate surface area is 195 Å². The maximum Gasteiger partial charge on any atom is 0.150 e. The summed E-state index contributed by atoms with van der Waals surface area (Å²) in [5.41, 5.74) is 5.21. The minimum absolute atomic E-state index is 0.198. The molecule has 1 saturated heterocycles. The van der Waals surface area contributed by atoms with E-state index in [-0.39, 0.29) is 24.4 Å². The Morgan fingerprint density at radius 3 is 2.61 bits per heavy atom. The van der Waals surface area contributed by atoms with Gasteiger partial charge in [0.05, 0.1) is 6.67 Å². The van der Waals surface area contributed by atoms with Crippen LogP contribution in [0.25, 0.3) is 5.57 Å². The highest BCUT2D eigenvalue weighted by Crippen LogP contribution is 2.46. The molecule has 2 aromatic carbocycles. The summed E-state index contributed by atoms with van der Waals surface area (Å²) < 4.78 is 24.9. The number of phenols is 1. The molecule has 0 radical (unpaired) electrons. The van der Waals surface area contributed by atoms with Crippen molar-refractivity contribution in [2.24, 2.45) is 5.92 Å². The number of allylic oxidation sites excluding steroid dienone is 4. The number of phenolic OH excluding ortho intramolecular Hbond substituents is 1. The van der Waals surface area contributed by atoms with Crippen LogP contribution in [0, 0.1) is 5.92 Å². The Bertz CT molecular complexity index is 1070. The predicted molar refractivity (Wildman–Crippen MR) is 130 cm³/mol. The van der Waals surface area contributed by atoms with Crippen molar-refractivity contribution in [1.82, 2.24) is 4.90 Å². The number of rotatable bonds is 8. The van der Waals surface area contributed by atoms with Gasteiger partial charge >= 0.3 is 0 Å². The van der Waals surface area contributed by atoms with E-state index in [9.17, 15) is 9.50 Å². The van der Waals surface area contributed by atoms with Crippen LogP contribution in [0.5, 0.6) is 17.2 Å². The number of hydrogen-bond donors (Lipinski definition) is 1. The van der Waals surface area contributed by atoms with Crippen molar-refractivity contribution >= 4 is 5.57 Å². The summed E-state index contributed by atoms with van der Waals surface area (Å²) in [6, 6.07) is 13.3. The van der Waals surface area contributed by atoms with Gasteiger partial charge in [0.15, 0.2) is 0 Å². The molecule has 1 fully saturated rings. The molecule has 1 N–H and O–H groups in total. The quantitative estimate of drug-likeness (QED) is 0.494. The molecule has 0 amide bonds. The molecular formula is C28H32FNO3. The summed E-state index contributed by atoms with van der Waals surface area (Å²) >= 11 is 0. The smallest absolute Gasteiger partial charge is 0.150 e. The van der Waals surface area contributed by atoms with Crippen LogP contribution in [0.2, 0.25) is 0 Å². The molecule has 2 aliphatic rings. The van der Waals surface area contributed by atoms with Gasteiger partial charge in [-0.1, -0.05) is 30.4 Å². The van der Waals surface area contributed by atoms with E-state index in [1.54, 1.807) is 12.1 Å². The average molecular weight is 450 g/mol. The molecule has 2 aromatic rings. The van der Waals surface area contributed by atoms with E-state index in [2.05, 4.69) is 24.0 Å². The third-order valence-electron chi connectivity index (χ3n) is 6.36. The number of benzene rings is 2. The van der Waals surface area contributed by atoms with Crippen LogP contribution in [0.4, 0.5) is 4.39 Å². The molecule has 0 aliphatic carbocycles. The number of alkyl halides is 1. The van der Waals surface area contributed by atoms with Crippen LogP contribution < -0.4 is 9.47 Å². The number of ether oxygens (including phenoxy) is 2. The molecule has 174 valence electrons. The third kappa shape index (κ3) is 4.98. The van der Waals surface area contributed by atoms with E-state index >= 15 is 0 Å². The minimum Gasteiger partial charge on any atom is -0.508 e. The lowest BCUT2D eigenvalue weighted by Crippen LogP contribution is -2.49. The molecule has 0 aromatic heterocycles. The van der Waals surface area contributed by atoms with Gasteiger partial charge in [-0.15, -0.1) is 0 Å². The molecule has 0 unspecified atom stereocenters. The second kappa shape index (κ2) is 10.3. The van der Waals surface area contributed by atoms with E-state index in [0.717, 1.165) is 59.0 Å². The Kier molecular flexibility index (Phi) is 7.19. The van der Waals surface area contributed by atoms with Crippen molar-refractivity contribution in [3.63, 3.8) is 0 Å². The Balaban J connectivity index is 1.54. The second-order valence-corrected chi connectivity index (χ2v) is 8.66. The lowest BCUT2D eigenvalue weighted by atomic mass is 9.85. The molecule has 1 atom stereocenters. The van der Waals surface area contributed by atoms with Crippen LogP contribution in [0.15, 0.2) is 71.8 Å². The molecule has 0 saturated carbocycles. The van der Waals surface area contributed by atoms with Gasteiger partial charge in [0.1, 0.15) is 30.0 Å². The topological polar surface area (TPSA) is 41.9 Å². The molecule has 2 aliphatic heterocycles. The largest absolute Gasteiger partial charge is 0.508 e. The maximum absolute atomic E-state index is 12.6. The van der Waals surface area contributed by atoms with Gasteiger partial charge in [-0.2, -0.15) is 0 Å². The van der Waals surface area contributed by atoms with Crippen LogP contribution >= 0.6 is 0 Å². The van der Waals surface area contributed by atoms with Gasteiger partial charge in [-0.25, -0.2) is 0 Å². The summed E-state index contributed by atoms with van der Waals surface area (Å²) in [6.07, 6.45) is 5.93. The highest BCUT2D eigenvalue weighted by atomic mass is 19.1. The Morgan fingerprint density at radius 1 is 1.18 bits per heavy atom. The van der Waals surface area contributed by atoms with Crippen molar-refractivity contribution in [3.8, 4) is 17.2 Å². The standard InChI is InChI=1S/C28H32FNO3/c1-4-6-21(5-2)27-19(3)25-15-23(31)9-12-26(25)33-28(27)22-7-10-24(11-8-22)32-14-13-30-17-20(16-29)18-30/h4-12,15,20,28,31H,13-14,16-18H2,1-3H3/b6-4-,21-5+/t28-/m1/s1. The van der Waals surface area contributed by atoms with Gasteiger partial charge in [-0.3, -0.25) is 9.29 Å². The zero-order valence-corrected chi connectivity index (χ0v) is 19.6. The zero-order chi connectivity index (χ0) is 23.4. The summed E-state index contributed by atoms with van der Waals surface area (Å²) in [4.78, 5) is 2.21. The van der Waals surface area contributed by atoms with Crippen molar-refractivity contribution in [2.75, 3.05) is 32.9 Å². The van der Waals surface area contributed by atoms with E-state index in [0.29, 0.717) is 6.61 Å². The monoisotopic (exact) mass is 449 g/mol. The highest BCUT2D eigenvalue weighted by molar-refractivity contribution is 5.79. The number of aromatic hydroxyl groups is 1. The number of nitrogens with zero attached hydrogens (tertiary/aromatic N) is 1. The molecule has 0 bridgehead atoms. The average Bonchev–Trinajstić information content (AvgIpc) is 2.80. The first-order valence-electron chi connectivity index (χ1n) is 11.5. The minimum atomic E-state index is -0.266. The summed E-state index contributed by atoms with van der Waals surface area (Å²) in [7, 11) is 0. The Morgan fingerprint density at radius 2 is 1.94 bits per heavy atom. The second-order valence-electron chi connectivity index (χ2n) is 8.66. The van der Waals surface area contributed by atoms with Crippen molar-refractivity contribution in [3.05, 3.63) is 83.0 Å². The van der Waals surface area contributed by atoms with Crippen LogP contribution in [0.3, 0.4) is 0 Å². The fraction of sp³-hybridized carbons (Fsp3) is 0.357. The molecule has 5 heteroatoms. The van der Waals surface area contributed by atoms with Gasteiger partial charge in [-0.05, 0) is 67.8 Å². The molecule has 33 heavy (non-hydrogen) atoms. The van der Waals surface area contributed by atoms with Crippen molar-refractivity contribution < 1.29 is 19.0 Å². The number of hydrogen-bond acceptors (Lipinski definition) is 4. The lowest BCUT2D eigenvalue weighted by Gasteiger charge is -2.37. The Hall–Kier alpha value is -3.05. The molecule has 4 nitrogen and oxygen atoms in total. The van der Waals surface area contributed by atoms with Crippen LogP contribution in [0.1, 0.15) is 38.0 Å². The summed E-state index contributed by atoms with van der Waals surface area (Å²) in [5, 5.41) is 10.0. The third-order valence-corrected chi connectivity index (χ3v) is 6.36. The normalized spacial score (nSPS) is 19.4. The summed E-state index contributed by atoms with van der Waals surface area (Å²) in [5.74, 6) is 1.99. The van der Waals surface area contributed by atoms with Gasteiger partial charge < -0.3 is 14.6 Å². The van der Waals surface area contributed by atoms with Crippen LogP contribution in [-0.4, -0.2) is 42.9 Å². The van der Waals surface area contributed by atoms with Crippen molar-refractivity contribution in [2.45, 2.75) is 26.9 Å². The first kappa shape index (κ1) is 23.1. The predicted octanol–water partition coefficient (Wildman–Crippen LogP) is 6.10. The fourth-order valence-corrected chi connectivity index (χ4v) is 4.55. The molecule has 0 spiro atoms. The summed E-state index contributed by atoms with van der Waals surface area (Å²) in [6.45, 7) is 8.92. The number of fused-ring (bicyclic) bond motifs is 1. The SMILES string of the molecule is C/C=C\C(=C/C)C1=C(C)c2cc(O)ccc2O[C@@H]1c1ccc(OCCN2CC(CF)C2)cc1. The maximum atomic E-state index is 12.6. The van der Waals surface area contributed by atoms with E-state index < -0.39 is 0 Å². The molecule has 4 rings (SSSR count). The molecule has 2 heterocycles. The number of likely N-dealkylation sites (tertiary alicyclic amines) is 1. The fourth-order valence-electron chi connectivity index (χ4n) is 4.55. The van der Waals surface area contributed by atoms with Crippen LogP contribution in [-0.2, 0) is 0 Å². The van der Waals surface area contributed by atoms with Gasteiger partial charge in [0.2, 0.25) is 0 Å². The van der Waals surface area contributed by atoms with E-state index in [4.69, 9.17) is 9.47 Å². The molecular weight excluding hydrogens is 417 g/mol. The highest BCUT2D eigenvalue weighted by Gasteiger charge is 2.30. The van der Waals surface area contributed by atoms with Gasteiger partial charge in [0, 0.05) is 36.7 Å². The van der Waals surface area contributed by atoms with E-state index in [1.165, 1.54) is 0 Å². The first-order chi connectivity index (χ1) is 16.0. The number of halogens is 1. The van der Waals surface area contributed by atoms with Gasteiger partial charge in [0.25, 0.3) is 0 Å². The van der Waals surface area contributed by atoms with E-state index in [1.807, 2.05) is 50.3 Å². The zero-order valence-electron chi connectivity index (χ0n) is 19.6. The first-order valence-corrected chi connectivity index (χ1v) is 11.5.